The Labute approximate surface area is 241 Å². The van der Waals surface area contributed by atoms with Gasteiger partial charge in [0, 0.05) is 22.8 Å². The van der Waals surface area contributed by atoms with E-state index in [4.69, 9.17) is 23.2 Å². The van der Waals surface area contributed by atoms with Crippen molar-refractivity contribution < 1.29 is 18.3 Å². The Hall–Kier alpha value is -3.89. The maximum absolute atomic E-state index is 13.2. The first-order valence-electron chi connectivity index (χ1n) is 12.2. The monoisotopic (exact) mass is 594 g/mol. The molecule has 0 saturated heterocycles. The number of amides is 1. The molecule has 0 bridgehead atoms. The molecule has 0 radical (unpaired) electrons. The summed E-state index contributed by atoms with van der Waals surface area (Å²) in [6.45, 7) is 2.12. The molecule has 0 aliphatic carbocycles. The number of carbonyl (C=O) groups is 1. The van der Waals surface area contributed by atoms with Gasteiger partial charge in [0.05, 0.1) is 15.5 Å². The van der Waals surface area contributed by atoms with E-state index in [1.54, 1.807) is 54.6 Å². The zero-order chi connectivity index (χ0) is 28.4. The number of nitrogens with one attached hydrogen (secondary N) is 3. The Morgan fingerprint density at radius 1 is 0.975 bits per heavy atom. The number of hydrogen-bond donors (Lipinski definition) is 4. The van der Waals surface area contributed by atoms with Crippen molar-refractivity contribution in [3.05, 3.63) is 106 Å². The summed E-state index contributed by atoms with van der Waals surface area (Å²) in [5, 5.41) is 14.1. The molecule has 0 fully saturated rings. The van der Waals surface area contributed by atoms with Crippen LogP contribution < -0.4 is 10.0 Å². The maximum Gasteiger partial charge on any atom is 0.257 e. The fourth-order valence-electron chi connectivity index (χ4n) is 4.15. The fourth-order valence-corrected chi connectivity index (χ4v) is 5.68. The van der Waals surface area contributed by atoms with Crippen molar-refractivity contribution in [2.75, 3.05) is 11.9 Å². The van der Waals surface area contributed by atoms with Crippen molar-refractivity contribution in [3.63, 3.8) is 0 Å². The first-order valence-corrected chi connectivity index (χ1v) is 14.5. The number of hydrogen-bond acceptors (Lipinski definition) is 5. The molecule has 0 aliphatic heterocycles. The highest BCUT2D eigenvalue weighted by molar-refractivity contribution is 7.89. The molecule has 0 atom stereocenters. The van der Waals surface area contributed by atoms with Crippen molar-refractivity contribution in [1.82, 2.24) is 14.7 Å². The Balaban J connectivity index is 1.27. The number of benzene rings is 4. The van der Waals surface area contributed by atoms with Crippen LogP contribution in [-0.2, 0) is 16.4 Å². The van der Waals surface area contributed by atoms with E-state index in [9.17, 15) is 18.3 Å². The number of halogens is 2. The number of carbonyl (C=O) groups excluding carboxylic acids is 1. The third-order valence-corrected chi connectivity index (χ3v) is 8.33. The highest BCUT2D eigenvalue weighted by atomic mass is 35.5. The quantitative estimate of drug-likeness (QED) is 0.167. The molecule has 0 aliphatic rings. The fraction of sp³-hybridized carbons (Fsp3) is 0.103. The maximum atomic E-state index is 13.2. The minimum atomic E-state index is -3.59. The Morgan fingerprint density at radius 3 is 2.40 bits per heavy atom. The van der Waals surface area contributed by atoms with Gasteiger partial charge in [0.15, 0.2) is 0 Å². The zero-order valence-electron chi connectivity index (χ0n) is 21.2. The van der Waals surface area contributed by atoms with Crippen LogP contribution in [0.4, 0.5) is 5.69 Å². The van der Waals surface area contributed by atoms with Crippen molar-refractivity contribution in [3.8, 4) is 17.1 Å². The van der Waals surface area contributed by atoms with Crippen LogP contribution in [0.2, 0.25) is 10.0 Å². The molecule has 1 heterocycles. The summed E-state index contributed by atoms with van der Waals surface area (Å²) >= 11 is 12.3. The van der Waals surface area contributed by atoms with Gasteiger partial charge in [0.25, 0.3) is 5.91 Å². The summed E-state index contributed by atoms with van der Waals surface area (Å²) in [4.78, 5) is 20.9. The van der Waals surface area contributed by atoms with Gasteiger partial charge in [-0.25, -0.2) is 18.1 Å². The predicted molar refractivity (Wildman–Crippen MR) is 158 cm³/mol. The summed E-state index contributed by atoms with van der Waals surface area (Å²) in [6, 6.07) is 21.7. The molecule has 4 N–H and O–H groups in total. The van der Waals surface area contributed by atoms with E-state index in [0.29, 0.717) is 39.1 Å². The summed E-state index contributed by atoms with van der Waals surface area (Å²) < 4.78 is 27.6. The lowest BCUT2D eigenvalue weighted by Crippen LogP contribution is -2.26. The van der Waals surface area contributed by atoms with E-state index in [2.05, 4.69) is 20.0 Å². The smallest absolute Gasteiger partial charge is 0.257 e. The highest BCUT2D eigenvalue weighted by Gasteiger charge is 2.19. The van der Waals surface area contributed by atoms with Crippen LogP contribution in [0, 0.1) is 6.92 Å². The standard InChI is InChI=1S/C29H24Cl2N4O4S/c1-17-2-9-21(10-3-17)40(38,39)32-15-14-18-4-7-20(8-5-18)33-29(37)23-12-13-25(36)27-26(23)34-28(35-27)22-11-6-19(30)16-24(22)31/h2-13,16,32,36H,14-15H2,1H3,(H,33,37)(H,34,35). The van der Waals surface area contributed by atoms with E-state index in [0.717, 1.165) is 11.1 Å². The molecule has 204 valence electrons. The number of anilines is 1. The van der Waals surface area contributed by atoms with Gasteiger partial charge >= 0.3 is 0 Å². The van der Waals surface area contributed by atoms with E-state index >= 15 is 0 Å². The lowest BCUT2D eigenvalue weighted by molar-refractivity contribution is 0.102. The molecule has 4 aromatic carbocycles. The number of nitrogens with zero attached hydrogens (tertiary/aromatic N) is 1. The first kappa shape index (κ1) is 27.7. The lowest BCUT2D eigenvalue weighted by atomic mass is 10.1. The topological polar surface area (TPSA) is 124 Å². The number of aromatic nitrogens is 2. The van der Waals surface area contributed by atoms with E-state index in [1.165, 1.54) is 12.1 Å². The molecule has 11 heteroatoms. The van der Waals surface area contributed by atoms with Gasteiger partial charge in [-0.2, -0.15) is 0 Å². The van der Waals surface area contributed by atoms with E-state index in [1.807, 2.05) is 19.1 Å². The first-order chi connectivity index (χ1) is 19.1. The van der Waals surface area contributed by atoms with Crippen molar-refractivity contribution in [2.45, 2.75) is 18.2 Å². The molecule has 0 unspecified atom stereocenters. The molecule has 5 rings (SSSR count). The van der Waals surface area contributed by atoms with Gasteiger partial charge in [-0.1, -0.05) is 53.0 Å². The number of phenolic OH excluding ortho intramolecular Hbond substituents is 1. The van der Waals surface area contributed by atoms with Crippen LogP contribution in [-0.4, -0.2) is 35.9 Å². The van der Waals surface area contributed by atoms with Gasteiger partial charge in [0.2, 0.25) is 10.0 Å². The predicted octanol–water partition coefficient (Wildman–Crippen LogP) is 6.32. The molecule has 1 aromatic heterocycles. The number of aromatic amines is 1. The van der Waals surface area contributed by atoms with Crippen molar-refractivity contribution in [1.29, 1.82) is 0 Å². The summed E-state index contributed by atoms with van der Waals surface area (Å²) in [6.07, 6.45) is 0.473. The van der Waals surface area contributed by atoms with Gasteiger partial charge in [-0.05, 0) is 73.5 Å². The molecule has 0 spiro atoms. The Morgan fingerprint density at radius 2 is 1.70 bits per heavy atom. The zero-order valence-corrected chi connectivity index (χ0v) is 23.5. The molecule has 40 heavy (non-hydrogen) atoms. The van der Waals surface area contributed by atoms with E-state index < -0.39 is 15.9 Å². The van der Waals surface area contributed by atoms with Crippen molar-refractivity contribution in [2.24, 2.45) is 0 Å². The van der Waals surface area contributed by atoms with Crippen LogP contribution in [0.3, 0.4) is 0 Å². The van der Waals surface area contributed by atoms with Crippen LogP contribution in [0.1, 0.15) is 21.5 Å². The number of aromatic hydroxyl groups is 1. The molecular formula is C29H24Cl2N4O4S. The molecule has 0 saturated carbocycles. The number of rotatable bonds is 8. The van der Waals surface area contributed by atoms with Crippen molar-refractivity contribution >= 4 is 55.9 Å². The number of sulfonamides is 1. The number of phenols is 1. The molecule has 8 nitrogen and oxygen atoms in total. The minimum Gasteiger partial charge on any atom is -0.506 e. The third kappa shape index (κ3) is 5.97. The van der Waals surface area contributed by atoms with Gasteiger partial charge < -0.3 is 15.4 Å². The highest BCUT2D eigenvalue weighted by Crippen LogP contribution is 2.33. The largest absolute Gasteiger partial charge is 0.506 e. The molecular weight excluding hydrogens is 571 g/mol. The summed E-state index contributed by atoms with van der Waals surface area (Å²) in [7, 11) is -3.59. The number of aryl methyl sites for hydroxylation is 1. The second-order valence-electron chi connectivity index (χ2n) is 9.18. The molecule has 5 aromatic rings. The molecule has 1 amide bonds. The van der Waals surface area contributed by atoms with E-state index in [-0.39, 0.29) is 28.3 Å². The number of fused-ring (bicyclic) bond motifs is 1. The van der Waals surface area contributed by atoms with Crippen LogP contribution >= 0.6 is 23.2 Å². The van der Waals surface area contributed by atoms with Crippen LogP contribution in [0.5, 0.6) is 5.75 Å². The second kappa shape index (κ2) is 11.3. The lowest BCUT2D eigenvalue weighted by Gasteiger charge is -2.09. The minimum absolute atomic E-state index is 0.0576. The SMILES string of the molecule is Cc1ccc(S(=O)(=O)NCCc2ccc(NC(=O)c3ccc(O)c4[nH]c(-c5ccc(Cl)cc5Cl)nc34)cc2)cc1. The van der Waals surface area contributed by atoms with Crippen LogP contribution in [0.15, 0.2) is 83.8 Å². The van der Waals surface area contributed by atoms with Gasteiger partial charge in [-0.15, -0.1) is 0 Å². The number of imidazole rings is 1. The third-order valence-electron chi connectivity index (χ3n) is 6.30. The summed E-state index contributed by atoms with van der Waals surface area (Å²) in [5.41, 5.74) is 3.85. The van der Waals surface area contributed by atoms with Crippen LogP contribution in [0.25, 0.3) is 22.4 Å². The van der Waals surface area contributed by atoms with Gasteiger partial charge in [0.1, 0.15) is 22.6 Å². The Bertz CT molecular complexity index is 1820. The average Bonchev–Trinajstić information content (AvgIpc) is 3.36. The Kier molecular flexibility index (Phi) is 7.82. The van der Waals surface area contributed by atoms with Gasteiger partial charge in [-0.3, -0.25) is 4.79 Å². The average molecular weight is 596 g/mol. The normalized spacial score (nSPS) is 11.6. The number of H-pyrrole nitrogens is 1. The summed E-state index contributed by atoms with van der Waals surface area (Å²) in [5.74, 6) is -0.0869. The second-order valence-corrected chi connectivity index (χ2v) is 11.8.